The van der Waals surface area contributed by atoms with Gasteiger partial charge in [-0.2, -0.15) is 0 Å². The molecule has 1 saturated heterocycles. The van der Waals surface area contributed by atoms with E-state index in [0.717, 1.165) is 36.4 Å². The molecular weight excluding hydrogens is 359 g/mol. The minimum absolute atomic E-state index is 0.0485. The van der Waals surface area contributed by atoms with E-state index in [-0.39, 0.29) is 11.9 Å². The Bertz CT molecular complexity index is 940. The standard InChI is InChI=1S/C18H16Cl2N4O/c19-13-7-6-12(10-14(13)20)11-17(25)23-9-3-4-15(23)18-22-21-16-5-1-2-8-24(16)18/h1-2,5-8,10,15H,3-4,9,11H2. The molecule has 0 bridgehead atoms. The van der Waals surface area contributed by atoms with Crippen LogP contribution in [-0.4, -0.2) is 31.9 Å². The summed E-state index contributed by atoms with van der Waals surface area (Å²) in [4.78, 5) is 14.7. The molecule has 7 heteroatoms. The van der Waals surface area contributed by atoms with Gasteiger partial charge in [0.2, 0.25) is 5.91 Å². The molecule has 3 aromatic rings. The van der Waals surface area contributed by atoms with E-state index in [1.54, 1.807) is 12.1 Å². The van der Waals surface area contributed by atoms with Gasteiger partial charge in [0.25, 0.3) is 0 Å². The summed E-state index contributed by atoms with van der Waals surface area (Å²) in [6.07, 6.45) is 4.08. The van der Waals surface area contributed by atoms with Crippen molar-refractivity contribution >= 4 is 34.8 Å². The van der Waals surface area contributed by atoms with E-state index in [1.165, 1.54) is 0 Å². The van der Waals surface area contributed by atoms with Gasteiger partial charge in [-0.25, -0.2) is 0 Å². The molecule has 4 rings (SSSR count). The van der Waals surface area contributed by atoms with Gasteiger partial charge in [-0.15, -0.1) is 10.2 Å². The lowest BCUT2D eigenvalue weighted by Crippen LogP contribution is -2.32. The van der Waals surface area contributed by atoms with Gasteiger partial charge in [0.15, 0.2) is 11.5 Å². The highest BCUT2D eigenvalue weighted by Gasteiger charge is 2.33. The Balaban J connectivity index is 1.58. The topological polar surface area (TPSA) is 50.5 Å². The maximum absolute atomic E-state index is 12.8. The highest BCUT2D eigenvalue weighted by atomic mass is 35.5. The number of aromatic nitrogens is 3. The van der Waals surface area contributed by atoms with Crippen molar-refractivity contribution in [3.8, 4) is 0 Å². The summed E-state index contributed by atoms with van der Waals surface area (Å²) in [6, 6.07) is 11.0. The first-order chi connectivity index (χ1) is 12.1. The Morgan fingerprint density at radius 3 is 2.88 bits per heavy atom. The lowest BCUT2D eigenvalue weighted by molar-refractivity contribution is -0.131. The maximum Gasteiger partial charge on any atom is 0.227 e. The largest absolute Gasteiger partial charge is 0.332 e. The normalized spacial score (nSPS) is 17.4. The number of carbonyl (C=O) groups is 1. The monoisotopic (exact) mass is 374 g/mol. The molecule has 2 aromatic heterocycles. The minimum Gasteiger partial charge on any atom is -0.332 e. The summed E-state index contributed by atoms with van der Waals surface area (Å²) >= 11 is 12.0. The summed E-state index contributed by atoms with van der Waals surface area (Å²) in [5, 5.41) is 9.49. The van der Waals surface area contributed by atoms with E-state index in [9.17, 15) is 4.79 Å². The molecule has 1 aliphatic heterocycles. The quantitative estimate of drug-likeness (QED) is 0.697. The first-order valence-electron chi connectivity index (χ1n) is 8.16. The van der Waals surface area contributed by atoms with Crippen molar-refractivity contribution in [3.63, 3.8) is 0 Å². The summed E-state index contributed by atoms with van der Waals surface area (Å²) in [5.41, 5.74) is 1.65. The summed E-state index contributed by atoms with van der Waals surface area (Å²) in [5.74, 6) is 0.879. The second kappa shape index (κ2) is 6.65. The van der Waals surface area contributed by atoms with Crippen LogP contribution < -0.4 is 0 Å². The molecule has 1 unspecified atom stereocenters. The van der Waals surface area contributed by atoms with Crippen molar-refractivity contribution in [3.05, 3.63) is 64.0 Å². The second-order valence-electron chi connectivity index (χ2n) is 6.16. The molecule has 128 valence electrons. The number of halogens is 2. The van der Waals surface area contributed by atoms with Crippen LogP contribution in [0.5, 0.6) is 0 Å². The van der Waals surface area contributed by atoms with Crippen molar-refractivity contribution in [2.24, 2.45) is 0 Å². The maximum atomic E-state index is 12.8. The average Bonchev–Trinajstić information content (AvgIpc) is 3.24. The van der Waals surface area contributed by atoms with Gasteiger partial charge in [0, 0.05) is 12.7 Å². The number of hydrogen-bond donors (Lipinski definition) is 0. The van der Waals surface area contributed by atoms with Gasteiger partial charge in [0.05, 0.1) is 22.5 Å². The Morgan fingerprint density at radius 1 is 1.16 bits per heavy atom. The smallest absolute Gasteiger partial charge is 0.227 e. The third kappa shape index (κ3) is 3.10. The molecule has 0 aliphatic carbocycles. The molecule has 25 heavy (non-hydrogen) atoms. The Kier molecular flexibility index (Phi) is 4.36. The third-order valence-corrected chi connectivity index (χ3v) is 5.29. The van der Waals surface area contributed by atoms with Crippen LogP contribution in [0.2, 0.25) is 10.0 Å². The van der Waals surface area contributed by atoms with E-state index >= 15 is 0 Å². The molecule has 0 saturated carbocycles. The van der Waals surface area contributed by atoms with Crippen LogP contribution in [0.3, 0.4) is 0 Å². The van der Waals surface area contributed by atoms with Gasteiger partial charge in [-0.1, -0.05) is 35.3 Å². The lowest BCUT2D eigenvalue weighted by atomic mass is 10.1. The van der Waals surface area contributed by atoms with E-state index < -0.39 is 0 Å². The SMILES string of the molecule is O=C(Cc1ccc(Cl)c(Cl)c1)N1CCCC1c1nnc2ccccn12. The molecule has 0 N–H and O–H groups in total. The van der Waals surface area contributed by atoms with E-state index in [4.69, 9.17) is 23.2 Å². The summed E-state index contributed by atoms with van der Waals surface area (Å²) in [7, 11) is 0. The van der Waals surface area contributed by atoms with Crippen LogP contribution in [-0.2, 0) is 11.2 Å². The first-order valence-corrected chi connectivity index (χ1v) is 8.92. The van der Waals surface area contributed by atoms with E-state index in [2.05, 4.69) is 10.2 Å². The van der Waals surface area contributed by atoms with Crippen LogP contribution >= 0.6 is 23.2 Å². The van der Waals surface area contributed by atoms with Crippen LogP contribution in [0.15, 0.2) is 42.6 Å². The molecule has 5 nitrogen and oxygen atoms in total. The highest BCUT2D eigenvalue weighted by Crippen LogP contribution is 2.32. The Labute approximate surface area is 155 Å². The molecular formula is C18H16Cl2N4O. The highest BCUT2D eigenvalue weighted by molar-refractivity contribution is 6.42. The summed E-state index contributed by atoms with van der Waals surface area (Å²) in [6.45, 7) is 0.729. The zero-order chi connectivity index (χ0) is 17.4. The van der Waals surface area contributed by atoms with Crippen LogP contribution in [0.4, 0.5) is 0 Å². The molecule has 1 amide bonds. The predicted octanol–water partition coefficient (Wildman–Crippen LogP) is 3.94. The van der Waals surface area contributed by atoms with Gasteiger partial charge in [-0.05, 0) is 42.7 Å². The molecule has 1 atom stereocenters. The number of rotatable bonds is 3. The predicted molar refractivity (Wildman–Crippen MR) is 96.8 cm³/mol. The second-order valence-corrected chi connectivity index (χ2v) is 6.97. The molecule has 3 heterocycles. The third-order valence-electron chi connectivity index (χ3n) is 4.55. The zero-order valence-corrected chi connectivity index (χ0v) is 14.9. The number of benzene rings is 1. The number of nitrogens with zero attached hydrogens (tertiary/aromatic N) is 4. The molecule has 1 aliphatic rings. The van der Waals surface area contributed by atoms with Crippen molar-refractivity contribution in [2.45, 2.75) is 25.3 Å². The molecule has 0 radical (unpaired) electrons. The van der Waals surface area contributed by atoms with E-state index in [1.807, 2.05) is 39.8 Å². The Morgan fingerprint density at radius 2 is 2.04 bits per heavy atom. The minimum atomic E-state index is -0.0485. The van der Waals surface area contributed by atoms with Gasteiger partial charge >= 0.3 is 0 Å². The Hall–Kier alpha value is -2.11. The fourth-order valence-electron chi connectivity index (χ4n) is 3.35. The fourth-order valence-corrected chi connectivity index (χ4v) is 3.67. The van der Waals surface area contributed by atoms with Gasteiger partial charge in [-0.3, -0.25) is 9.20 Å². The first kappa shape index (κ1) is 16.4. The number of likely N-dealkylation sites (tertiary alicyclic amines) is 1. The summed E-state index contributed by atoms with van der Waals surface area (Å²) < 4.78 is 1.95. The van der Waals surface area contributed by atoms with Gasteiger partial charge in [0.1, 0.15) is 0 Å². The van der Waals surface area contributed by atoms with Crippen molar-refractivity contribution < 1.29 is 4.79 Å². The number of amides is 1. The number of carbonyl (C=O) groups excluding carboxylic acids is 1. The average molecular weight is 375 g/mol. The van der Waals surface area contributed by atoms with E-state index in [0.29, 0.717) is 16.5 Å². The molecule has 1 aromatic carbocycles. The fraction of sp³-hybridized carbons (Fsp3) is 0.278. The van der Waals surface area contributed by atoms with Crippen molar-refractivity contribution in [1.82, 2.24) is 19.5 Å². The number of hydrogen-bond acceptors (Lipinski definition) is 3. The van der Waals surface area contributed by atoms with Crippen LogP contribution in [0.1, 0.15) is 30.3 Å². The van der Waals surface area contributed by atoms with Crippen LogP contribution in [0, 0.1) is 0 Å². The lowest BCUT2D eigenvalue weighted by Gasteiger charge is -2.23. The zero-order valence-electron chi connectivity index (χ0n) is 13.4. The van der Waals surface area contributed by atoms with Crippen molar-refractivity contribution in [2.75, 3.05) is 6.54 Å². The van der Waals surface area contributed by atoms with Crippen LogP contribution in [0.25, 0.3) is 5.65 Å². The molecule has 1 fully saturated rings. The van der Waals surface area contributed by atoms with Gasteiger partial charge < -0.3 is 4.90 Å². The van der Waals surface area contributed by atoms with Crippen molar-refractivity contribution in [1.29, 1.82) is 0 Å². The molecule has 0 spiro atoms. The number of pyridine rings is 1. The number of fused-ring (bicyclic) bond motifs is 1.